The van der Waals surface area contributed by atoms with Gasteiger partial charge in [0.2, 0.25) is 0 Å². The summed E-state index contributed by atoms with van der Waals surface area (Å²) >= 11 is 1.51. The molecular formula is C19H21NO3S. The second kappa shape index (κ2) is 8.02. The first-order valence-corrected chi connectivity index (χ1v) is 8.58. The highest BCUT2D eigenvalue weighted by Gasteiger charge is 2.15. The fourth-order valence-corrected chi connectivity index (χ4v) is 3.01. The predicted octanol–water partition coefficient (Wildman–Crippen LogP) is 4.34. The molecule has 0 bridgehead atoms. The van der Waals surface area contributed by atoms with E-state index in [1.54, 1.807) is 26.2 Å². The Hall–Kier alpha value is -2.27. The van der Waals surface area contributed by atoms with Crippen molar-refractivity contribution in [2.45, 2.75) is 18.7 Å². The van der Waals surface area contributed by atoms with Crippen molar-refractivity contribution in [1.82, 2.24) is 4.90 Å². The van der Waals surface area contributed by atoms with Crippen molar-refractivity contribution in [3.05, 3.63) is 59.2 Å². The molecule has 0 spiro atoms. The largest absolute Gasteiger partial charge is 0.414 e. The summed E-state index contributed by atoms with van der Waals surface area (Å²) in [5, 5.41) is 0. The highest BCUT2D eigenvalue weighted by atomic mass is 32.2. The first-order chi connectivity index (χ1) is 11.4. The molecule has 0 aromatic heterocycles. The molecule has 0 atom stereocenters. The van der Waals surface area contributed by atoms with E-state index in [-0.39, 0.29) is 5.78 Å². The van der Waals surface area contributed by atoms with Gasteiger partial charge >= 0.3 is 6.09 Å². The molecule has 0 N–H and O–H groups in total. The topological polar surface area (TPSA) is 46.6 Å². The molecule has 0 aliphatic heterocycles. The van der Waals surface area contributed by atoms with Crippen molar-refractivity contribution in [2.24, 2.45) is 0 Å². The van der Waals surface area contributed by atoms with Crippen molar-refractivity contribution in [1.29, 1.82) is 0 Å². The van der Waals surface area contributed by atoms with Crippen LogP contribution < -0.4 is 4.74 Å². The minimum Gasteiger partial charge on any atom is -0.410 e. The minimum atomic E-state index is -0.431. The first-order valence-electron chi connectivity index (χ1n) is 7.60. The number of hydrogen-bond donors (Lipinski definition) is 0. The van der Waals surface area contributed by atoms with Gasteiger partial charge in [-0.2, -0.15) is 0 Å². The molecule has 2 aromatic carbocycles. The molecular weight excluding hydrogens is 322 g/mol. The van der Waals surface area contributed by atoms with E-state index in [9.17, 15) is 9.59 Å². The summed E-state index contributed by atoms with van der Waals surface area (Å²) in [4.78, 5) is 26.6. The zero-order chi connectivity index (χ0) is 17.7. The van der Waals surface area contributed by atoms with E-state index >= 15 is 0 Å². The van der Waals surface area contributed by atoms with Crippen LogP contribution >= 0.6 is 11.8 Å². The van der Waals surface area contributed by atoms with E-state index in [0.29, 0.717) is 17.1 Å². The third kappa shape index (κ3) is 4.61. The minimum absolute atomic E-state index is 0.0561. The van der Waals surface area contributed by atoms with Crippen LogP contribution in [0.1, 0.15) is 21.5 Å². The van der Waals surface area contributed by atoms with Crippen LogP contribution in [-0.4, -0.2) is 36.6 Å². The lowest BCUT2D eigenvalue weighted by molar-refractivity contribution is 0.102. The van der Waals surface area contributed by atoms with Crippen molar-refractivity contribution in [3.63, 3.8) is 0 Å². The summed E-state index contributed by atoms with van der Waals surface area (Å²) in [7, 11) is 3.26. The summed E-state index contributed by atoms with van der Waals surface area (Å²) in [6, 6.07) is 13.4. The highest BCUT2D eigenvalue weighted by Crippen LogP contribution is 2.27. The fourth-order valence-electron chi connectivity index (χ4n) is 2.20. The molecule has 126 valence electrons. The normalized spacial score (nSPS) is 10.3. The second-order valence-electron chi connectivity index (χ2n) is 5.73. The Morgan fingerprint density at radius 1 is 1.04 bits per heavy atom. The maximum Gasteiger partial charge on any atom is 0.414 e. The maximum absolute atomic E-state index is 12.4. The molecule has 0 radical (unpaired) electrons. The Labute approximate surface area is 146 Å². The number of thioether (sulfide) groups is 1. The molecule has 0 fully saturated rings. The third-order valence-electron chi connectivity index (χ3n) is 3.45. The lowest BCUT2D eigenvalue weighted by Crippen LogP contribution is -2.26. The number of carbonyl (C=O) groups excluding carboxylic acids is 2. The van der Waals surface area contributed by atoms with Crippen LogP contribution in [0.4, 0.5) is 4.79 Å². The fraction of sp³-hybridized carbons (Fsp3) is 0.263. The van der Waals surface area contributed by atoms with Crippen LogP contribution in [-0.2, 0) is 0 Å². The Morgan fingerprint density at radius 2 is 1.62 bits per heavy atom. The van der Waals surface area contributed by atoms with Crippen LogP contribution in [0.15, 0.2) is 47.4 Å². The van der Waals surface area contributed by atoms with Gasteiger partial charge in [-0.15, -0.1) is 11.8 Å². The van der Waals surface area contributed by atoms with E-state index in [4.69, 9.17) is 4.74 Å². The average molecular weight is 343 g/mol. The van der Waals surface area contributed by atoms with E-state index in [2.05, 4.69) is 0 Å². The molecule has 4 nitrogen and oxygen atoms in total. The predicted molar refractivity (Wildman–Crippen MR) is 97.1 cm³/mol. The number of ether oxygens (including phenoxy) is 1. The molecule has 24 heavy (non-hydrogen) atoms. The molecule has 2 rings (SSSR count). The van der Waals surface area contributed by atoms with Crippen LogP contribution in [0, 0.1) is 13.8 Å². The quantitative estimate of drug-likeness (QED) is 0.598. The smallest absolute Gasteiger partial charge is 0.410 e. The number of Topliss-reactive ketones (excluding diaryl/α,β-unsaturated/α-hetero) is 1. The SMILES string of the molecule is Cc1cc(C(=O)CSc2ccccc2)cc(C)c1OC(=O)N(C)C. The van der Waals surface area contributed by atoms with Crippen molar-refractivity contribution in [2.75, 3.05) is 19.8 Å². The van der Waals surface area contributed by atoms with Gasteiger partial charge in [-0.05, 0) is 49.2 Å². The van der Waals surface area contributed by atoms with E-state index < -0.39 is 6.09 Å². The van der Waals surface area contributed by atoms with Gasteiger partial charge in [0.25, 0.3) is 0 Å². The molecule has 0 saturated heterocycles. The molecule has 0 saturated carbocycles. The number of hydrogen-bond acceptors (Lipinski definition) is 4. The van der Waals surface area contributed by atoms with Gasteiger partial charge in [0.05, 0.1) is 5.75 Å². The number of ketones is 1. The molecule has 0 unspecified atom stereocenters. The number of benzene rings is 2. The lowest BCUT2D eigenvalue weighted by Gasteiger charge is -2.15. The molecule has 2 aromatic rings. The summed E-state index contributed by atoms with van der Waals surface area (Å²) in [5.74, 6) is 0.946. The Kier molecular flexibility index (Phi) is 6.04. The molecule has 0 heterocycles. The highest BCUT2D eigenvalue weighted by molar-refractivity contribution is 8.00. The van der Waals surface area contributed by atoms with E-state index in [1.165, 1.54) is 16.7 Å². The maximum atomic E-state index is 12.4. The van der Waals surface area contributed by atoms with Crippen LogP contribution in [0.5, 0.6) is 5.75 Å². The van der Waals surface area contributed by atoms with E-state index in [1.807, 2.05) is 44.2 Å². The monoisotopic (exact) mass is 343 g/mol. The van der Waals surface area contributed by atoms with Crippen molar-refractivity contribution >= 4 is 23.6 Å². The van der Waals surface area contributed by atoms with Gasteiger partial charge in [-0.3, -0.25) is 4.79 Å². The van der Waals surface area contributed by atoms with Gasteiger partial charge in [-0.25, -0.2) is 4.79 Å². The van der Waals surface area contributed by atoms with Crippen LogP contribution in [0.3, 0.4) is 0 Å². The van der Waals surface area contributed by atoms with Gasteiger partial charge < -0.3 is 9.64 Å². The average Bonchev–Trinajstić information content (AvgIpc) is 2.56. The second-order valence-corrected chi connectivity index (χ2v) is 6.78. The summed E-state index contributed by atoms with van der Waals surface area (Å²) in [6.45, 7) is 3.68. The summed E-state index contributed by atoms with van der Waals surface area (Å²) in [6.07, 6.45) is -0.431. The van der Waals surface area contributed by atoms with Crippen LogP contribution in [0.25, 0.3) is 0 Å². The Balaban J connectivity index is 2.11. The number of amides is 1. The van der Waals surface area contributed by atoms with Crippen molar-refractivity contribution < 1.29 is 14.3 Å². The molecule has 0 aliphatic carbocycles. The standard InChI is InChI=1S/C19H21NO3S/c1-13-10-15(11-14(2)18(13)23-19(22)20(3)4)17(21)12-24-16-8-6-5-7-9-16/h5-11H,12H2,1-4H3. The van der Waals surface area contributed by atoms with Crippen LogP contribution in [0.2, 0.25) is 0 Å². The number of aryl methyl sites for hydroxylation is 2. The summed E-state index contributed by atoms with van der Waals surface area (Å²) < 4.78 is 5.37. The van der Waals surface area contributed by atoms with Gasteiger partial charge in [0.1, 0.15) is 5.75 Å². The number of nitrogens with zero attached hydrogens (tertiary/aromatic N) is 1. The zero-order valence-corrected chi connectivity index (χ0v) is 15.1. The van der Waals surface area contributed by atoms with Crippen molar-refractivity contribution in [3.8, 4) is 5.75 Å². The first kappa shape index (κ1) is 18.1. The Morgan fingerprint density at radius 3 is 2.17 bits per heavy atom. The number of rotatable bonds is 5. The Bertz CT molecular complexity index is 719. The van der Waals surface area contributed by atoms with E-state index in [0.717, 1.165) is 16.0 Å². The van der Waals surface area contributed by atoms with Gasteiger partial charge in [0, 0.05) is 24.6 Å². The molecule has 1 amide bonds. The lowest BCUT2D eigenvalue weighted by atomic mass is 10.0. The van der Waals surface area contributed by atoms with Gasteiger partial charge in [-0.1, -0.05) is 18.2 Å². The zero-order valence-electron chi connectivity index (χ0n) is 14.3. The molecule has 5 heteroatoms. The molecule has 0 aliphatic rings. The summed E-state index contributed by atoms with van der Waals surface area (Å²) in [5.41, 5.74) is 2.19. The van der Waals surface area contributed by atoms with Gasteiger partial charge in [0.15, 0.2) is 5.78 Å². The number of carbonyl (C=O) groups is 2. The third-order valence-corrected chi connectivity index (χ3v) is 4.46.